The van der Waals surface area contributed by atoms with Gasteiger partial charge in [-0.2, -0.15) is 0 Å². The lowest BCUT2D eigenvalue weighted by molar-refractivity contribution is -0.145. The van der Waals surface area contributed by atoms with Crippen LogP contribution in [0.2, 0.25) is 0 Å². The molecular formula is C10H13N3O3. The Hall–Kier alpha value is -1.85. The molecule has 1 aliphatic rings. The van der Waals surface area contributed by atoms with E-state index in [0.717, 1.165) is 0 Å². The molecule has 1 aromatic rings. The lowest BCUT2D eigenvalue weighted by Crippen LogP contribution is -2.57. The Bertz CT molecular complexity index is 388. The predicted octanol–water partition coefficient (Wildman–Crippen LogP) is -0.0884. The molecule has 2 rings (SSSR count). The zero-order valence-electron chi connectivity index (χ0n) is 8.97. The van der Waals surface area contributed by atoms with Gasteiger partial charge in [0.25, 0.3) is 0 Å². The fourth-order valence-corrected chi connectivity index (χ4v) is 1.70. The maximum absolute atomic E-state index is 11.9. The summed E-state index contributed by atoms with van der Waals surface area (Å²) in [7, 11) is 0. The molecule has 0 aliphatic carbocycles. The number of piperazine rings is 1. The number of hydrogen-bond acceptors (Lipinski definition) is 4. The lowest BCUT2D eigenvalue weighted by Gasteiger charge is -2.31. The normalized spacial score (nSPS) is 21.1. The summed E-state index contributed by atoms with van der Waals surface area (Å²) in [5.74, 6) is 0.377. The van der Waals surface area contributed by atoms with Crippen molar-refractivity contribution in [3.05, 3.63) is 18.0 Å². The standard InChI is InChI=1S/C10H13N3O3/c1-2-8-10(15)13(6-9(14)12-8)5-7-3-4-11-16-7/h3-4,8H,2,5-6H2,1H3,(H,12,14). The maximum atomic E-state index is 11.9. The Labute approximate surface area is 92.6 Å². The van der Waals surface area contributed by atoms with Crippen LogP contribution in [0.25, 0.3) is 0 Å². The smallest absolute Gasteiger partial charge is 0.246 e. The van der Waals surface area contributed by atoms with Crippen molar-refractivity contribution in [1.82, 2.24) is 15.4 Å². The fraction of sp³-hybridized carbons (Fsp3) is 0.500. The first kappa shape index (κ1) is 10.7. The van der Waals surface area contributed by atoms with Crippen LogP contribution in [-0.2, 0) is 16.1 Å². The van der Waals surface area contributed by atoms with E-state index in [2.05, 4.69) is 10.5 Å². The van der Waals surface area contributed by atoms with E-state index < -0.39 is 6.04 Å². The van der Waals surface area contributed by atoms with Gasteiger partial charge in [-0.3, -0.25) is 9.59 Å². The SMILES string of the molecule is CCC1NC(=O)CN(Cc2ccno2)C1=O. The third-order valence-electron chi connectivity index (χ3n) is 2.53. The average Bonchev–Trinajstić information content (AvgIpc) is 2.75. The highest BCUT2D eigenvalue weighted by molar-refractivity contribution is 5.94. The van der Waals surface area contributed by atoms with Crippen molar-refractivity contribution < 1.29 is 14.1 Å². The van der Waals surface area contributed by atoms with Crippen LogP contribution in [0.3, 0.4) is 0 Å². The molecule has 0 saturated carbocycles. The van der Waals surface area contributed by atoms with Crippen LogP contribution in [0.15, 0.2) is 16.8 Å². The topological polar surface area (TPSA) is 75.4 Å². The predicted molar refractivity (Wildman–Crippen MR) is 54.1 cm³/mol. The summed E-state index contributed by atoms with van der Waals surface area (Å²) in [6, 6.07) is 1.27. The molecule has 0 aromatic carbocycles. The molecule has 0 radical (unpaired) electrons. The molecule has 1 unspecified atom stereocenters. The van der Waals surface area contributed by atoms with Gasteiger partial charge >= 0.3 is 0 Å². The van der Waals surface area contributed by atoms with E-state index in [9.17, 15) is 9.59 Å². The number of carbonyl (C=O) groups excluding carboxylic acids is 2. The maximum Gasteiger partial charge on any atom is 0.246 e. The van der Waals surface area contributed by atoms with E-state index in [1.807, 2.05) is 6.92 Å². The Morgan fingerprint density at radius 1 is 1.62 bits per heavy atom. The van der Waals surface area contributed by atoms with Crippen LogP contribution in [-0.4, -0.2) is 34.5 Å². The molecule has 2 heterocycles. The van der Waals surface area contributed by atoms with Crippen LogP contribution in [0.1, 0.15) is 19.1 Å². The molecule has 0 spiro atoms. The van der Waals surface area contributed by atoms with Gasteiger partial charge in [0.2, 0.25) is 11.8 Å². The molecule has 1 atom stereocenters. The number of aromatic nitrogens is 1. The quantitative estimate of drug-likeness (QED) is 0.777. The van der Waals surface area contributed by atoms with E-state index in [0.29, 0.717) is 18.7 Å². The first-order valence-electron chi connectivity index (χ1n) is 5.18. The summed E-state index contributed by atoms with van der Waals surface area (Å²) in [5.41, 5.74) is 0. The van der Waals surface area contributed by atoms with Gasteiger partial charge in [0.05, 0.1) is 12.7 Å². The zero-order chi connectivity index (χ0) is 11.5. The van der Waals surface area contributed by atoms with Crippen molar-refractivity contribution >= 4 is 11.8 Å². The van der Waals surface area contributed by atoms with Crippen molar-refractivity contribution in [3.63, 3.8) is 0 Å². The minimum Gasteiger partial charge on any atom is -0.360 e. The number of hydrogen-bond donors (Lipinski definition) is 1. The van der Waals surface area contributed by atoms with Crippen LogP contribution in [0.5, 0.6) is 0 Å². The third kappa shape index (κ3) is 2.05. The minimum atomic E-state index is -0.413. The van der Waals surface area contributed by atoms with E-state index in [-0.39, 0.29) is 18.4 Å². The van der Waals surface area contributed by atoms with E-state index >= 15 is 0 Å². The minimum absolute atomic E-state index is 0.0708. The summed E-state index contributed by atoms with van der Waals surface area (Å²) >= 11 is 0. The van der Waals surface area contributed by atoms with Crippen molar-refractivity contribution in [3.8, 4) is 0 Å². The van der Waals surface area contributed by atoms with Gasteiger partial charge in [-0.15, -0.1) is 0 Å². The molecular weight excluding hydrogens is 210 g/mol. The molecule has 6 heteroatoms. The van der Waals surface area contributed by atoms with Gasteiger partial charge in [-0.1, -0.05) is 12.1 Å². The zero-order valence-corrected chi connectivity index (χ0v) is 8.97. The summed E-state index contributed by atoms with van der Waals surface area (Å²) < 4.78 is 4.91. The molecule has 6 nitrogen and oxygen atoms in total. The number of nitrogens with one attached hydrogen (secondary N) is 1. The molecule has 1 aromatic heterocycles. The Morgan fingerprint density at radius 2 is 2.44 bits per heavy atom. The van der Waals surface area contributed by atoms with Gasteiger partial charge in [-0.25, -0.2) is 0 Å². The van der Waals surface area contributed by atoms with E-state index in [1.165, 1.54) is 11.1 Å². The van der Waals surface area contributed by atoms with Crippen molar-refractivity contribution in [1.29, 1.82) is 0 Å². The molecule has 1 saturated heterocycles. The summed E-state index contributed by atoms with van der Waals surface area (Å²) in [5, 5.41) is 6.21. The molecule has 0 bridgehead atoms. The average molecular weight is 223 g/mol. The first-order chi connectivity index (χ1) is 7.70. The highest BCUT2D eigenvalue weighted by Crippen LogP contribution is 2.10. The molecule has 16 heavy (non-hydrogen) atoms. The van der Waals surface area contributed by atoms with Gasteiger partial charge in [0.1, 0.15) is 12.6 Å². The monoisotopic (exact) mass is 223 g/mol. The summed E-state index contributed by atoms with van der Waals surface area (Å²) in [4.78, 5) is 24.7. The van der Waals surface area contributed by atoms with Crippen molar-refractivity contribution in [2.24, 2.45) is 0 Å². The van der Waals surface area contributed by atoms with E-state index in [1.54, 1.807) is 6.07 Å². The summed E-state index contributed by atoms with van der Waals surface area (Å²) in [6.45, 7) is 2.24. The highest BCUT2D eigenvalue weighted by atomic mass is 16.5. The summed E-state index contributed by atoms with van der Waals surface area (Å²) in [6.07, 6.45) is 2.11. The van der Waals surface area contributed by atoms with Gasteiger partial charge in [0.15, 0.2) is 5.76 Å². The Kier molecular flexibility index (Phi) is 2.89. The fourth-order valence-electron chi connectivity index (χ4n) is 1.70. The van der Waals surface area contributed by atoms with Crippen LogP contribution < -0.4 is 5.32 Å². The number of amides is 2. The molecule has 1 fully saturated rings. The molecule has 1 aliphatic heterocycles. The lowest BCUT2D eigenvalue weighted by atomic mass is 10.1. The second kappa shape index (κ2) is 4.34. The van der Waals surface area contributed by atoms with Gasteiger partial charge in [-0.05, 0) is 6.42 Å². The van der Waals surface area contributed by atoms with Gasteiger partial charge in [0, 0.05) is 6.07 Å². The second-order valence-corrected chi connectivity index (χ2v) is 3.70. The van der Waals surface area contributed by atoms with Crippen LogP contribution in [0.4, 0.5) is 0 Å². The van der Waals surface area contributed by atoms with Gasteiger partial charge < -0.3 is 14.7 Å². The second-order valence-electron chi connectivity index (χ2n) is 3.70. The number of carbonyl (C=O) groups is 2. The van der Waals surface area contributed by atoms with Crippen LogP contribution >= 0.6 is 0 Å². The number of rotatable bonds is 3. The Morgan fingerprint density at radius 3 is 3.06 bits per heavy atom. The molecule has 86 valence electrons. The molecule has 1 N–H and O–H groups in total. The van der Waals surface area contributed by atoms with Crippen molar-refractivity contribution in [2.75, 3.05) is 6.54 Å². The Balaban J connectivity index is 2.08. The third-order valence-corrected chi connectivity index (χ3v) is 2.53. The number of nitrogens with zero attached hydrogens (tertiary/aromatic N) is 2. The van der Waals surface area contributed by atoms with E-state index in [4.69, 9.17) is 4.52 Å². The van der Waals surface area contributed by atoms with Crippen molar-refractivity contribution in [2.45, 2.75) is 25.9 Å². The largest absolute Gasteiger partial charge is 0.360 e. The van der Waals surface area contributed by atoms with Crippen LogP contribution in [0, 0.1) is 0 Å². The first-order valence-corrected chi connectivity index (χ1v) is 5.18. The molecule has 2 amide bonds. The highest BCUT2D eigenvalue weighted by Gasteiger charge is 2.31.